The highest BCUT2D eigenvalue weighted by molar-refractivity contribution is 5.78. The zero-order valence-electron chi connectivity index (χ0n) is 12.2. The van der Waals surface area contributed by atoms with Gasteiger partial charge in [-0.2, -0.15) is 0 Å². The normalized spacial score (nSPS) is 10.4. The van der Waals surface area contributed by atoms with E-state index in [1.807, 2.05) is 72.8 Å². The minimum Gasteiger partial charge on any atom is -0.487 e. The zero-order chi connectivity index (χ0) is 15.4. The van der Waals surface area contributed by atoms with Crippen LogP contribution >= 0.6 is 0 Å². The monoisotopic (exact) mass is 290 g/mol. The van der Waals surface area contributed by atoms with E-state index >= 15 is 0 Å². The van der Waals surface area contributed by atoms with Crippen molar-refractivity contribution in [2.24, 2.45) is 0 Å². The van der Waals surface area contributed by atoms with Crippen LogP contribution in [0.25, 0.3) is 11.1 Å². The van der Waals surface area contributed by atoms with Crippen LogP contribution in [0.1, 0.15) is 5.56 Å². The highest BCUT2D eigenvalue weighted by Gasteiger charge is 2.07. The molecule has 0 aromatic heterocycles. The lowest BCUT2D eigenvalue weighted by Gasteiger charge is -2.12. The number of para-hydroxylation sites is 1. The molecular formula is C19H18N2O. The van der Waals surface area contributed by atoms with E-state index in [1.54, 1.807) is 0 Å². The Balaban J connectivity index is 1.86. The molecular weight excluding hydrogens is 272 g/mol. The van der Waals surface area contributed by atoms with Crippen LogP contribution in [0, 0.1) is 0 Å². The minimum absolute atomic E-state index is 0.485. The lowest BCUT2D eigenvalue weighted by molar-refractivity contribution is 0.308. The lowest BCUT2D eigenvalue weighted by atomic mass is 10.0. The molecule has 22 heavy (non-hydrogen) atoms. The molecule has 0 aliphatic carbocycles. The van der Waals surface area contributed by atoms with Crippen molar-refractivity contribution in [3.63, 3.8) is 0 Å². The van der Waals surface area contributed by atoms with Gasteiger partial charge in [-0.1, -0.05) is 54.6 Å². The van der Waals surface area contributed by atoms with Gasteiger partial charge >= 0.3 is 0 Å². The molecule has 3 rings (SSSR count). The zero-order valence-corrected chi connectivity index (χ0v) is 12.2. The Bertz CT molecular complexity index is 769. The van der Waals surface area contributed by atoms with Gasteiger partial charge in [0, 0.05) is 11.3 Å². The third-order valence-electron chi connectivity index (χ3n) is 3.52. The van der Waals surface area contributed by atoms with Gasteiger partial charge in [-0.05, 0) is 29.3 Å². The molecule has 0 fully saturated rings. The van der Waals surface area contributed by atoms with Gasteiger partial charge < -0.3 is 16.2 Å². The molecule has 0 aliphatic heterocycles. The lowest BCUT2D eigenvalue weighted by Crippen LogP contribution is -1.99. The van der Waals surface area contributed by atoms with Crippen LogP contribution in [0.15, 0.2) is 72.8 Å². The Labute approximate surface area is 130 Å². The molecule has 0 unspecified atom stereocenters. The van der Waals surface area contributed by atoms with Crippen molar-refractivity contribution in [3.8, 4) is 16.9 Å². The average Bonchev–Trinajstić information content (AvgIpc) is 2.56. The Hall–Kier alpha value is -2.94. The number of nitrogens with two attached hydrogens (primary N) is 2. The summed E-state index contributed by atoms with van der Waals surface area (Å²) in [6, 6.07) is 23.5. The summed E-state index contributed by atoms with van der Waals surface area (Å²) in [6.45, 7) is 0.485. The fraction of sp³-hybridized carbons (Fsp3) is 0.0526. The predicted molar refractivity (Wildman–Crippen MR) is 91.5 cm³/mol. The van der Waals surface area contributed by atoms with Crippen molar-refractivity contribution in [1.29, 1.82) is 0 Å². The highest BCUT2D eigenvalue weighted by atomic mass is 16.5. The van der Waals surface area contributed by atoms with Gasteiger partial charge in [-0.15, -0.1) is 0 Å². The van der Waals surface area contributed by atoms with Crippen molar-refractivity contribution in [1.82, 2.24) is 0 Å². The number of hydrogen-bond acceptors (Lipinski definition) is 3. The van der Waals surface area contributed by atoms with Crippen molar-refractivity contribution in [3.05, 3.63) is 78.4 Å². The van der Waals surface area contributed by atoms with Gasteiger partial charge in [0.1, 0.15) is 12.4 Å². The number of benzene rings is 3. The van der Waals surface area contributed by atoms with Gasteiger partial charge in [-0.25, -0.2) is 0 Å². The molecule has 3 aromatic rings. The number of ether oxygens (including phenoxy) is 1. The molecule has 0 spiro atoms. The van der Waals surface area contributed by atoms with E-state index < -0.39 is 0 Å². The standard InChI is InChI=1S/C19H18N2O/c20-17-9-5-4-8-16(17)15-10-11-18(21)19(12-15)22-13-14-6-2-1-3-7-14/h1-12H,13,20-21H2. The average molecular weight is 290 g/mol. The van der Waals surface area contributed by atoms with Crippen LogP contribution in [0.5, 0.6) is 5.75 Å². The SMILES string of the molecule is Nc1ccc(-c2ccccc2N)cc1OCc1ccccc1. The van der Waals surface area contributed by atoms with Crippen LogP contribution in [-0.2, 0) is 6.61 Å². The first-order chi connectivity index (χ1) is 10.7. The third kappa shape index (κ3) is 3.04. The van der Waals surface area contributed by atoms with E-state index in [0.29, 0.717) is 18.0 Å². The summed E-state index contributed by atoms with van der Waals surface area (Å²) in [7, 11) is 0. The van der Waals surface area contributed by atoms with E-state index in [-0.39, 0.29) is 0 Å². The fourth-order valence-electron chi connectivity index (χ4n) is 2.32. The largest absolute Gasteiger partial charge is 0.487 e. The van der Waals surface area contributed by atoms with Crippen LogP contribution in [0.4, 0.5) is 11.4 Å². The predicted octanol–water partition coefficient (Wildman–Crippen LogP) is 4.10. The number of hydrogen-bond donors (Lipinski definition) is 2. The molecule has 0 aliphatic rings. The van der Waals surface area contributed by atoms with Crippen LogP contribution in [0.3, 0.4) is 0 Å². The van der Waals surface area contributed by atoms with Gasteiger partial charge in [0.2, 0.25) is 0 Å². The maximum absolute atomic E-state index is 6.03. The smallest absolute Gasteiger partial charge is 0.143 e. The highest BCUT2D eigenvalue weighted by Crippen LogP contribution is 2.32. The Morgan fingerprint density at radius 3 is 2.23 bits per heavy atom. The Morgan fingerprint density at radius 1 is 0.727 bits per heavy atom. The molecule has 0 saturated carbocycles. The summed E-state index contributed by atoms with van der Waals surface area (Å²) in [6.07, 6.45) is 0. The van der Waals surface area contributed by atoms with Gasteiger partial charge in [-0.3, -0.25) is 0 Å². The first-order valence-corrected chi connectivity index (χ1v) is 7.15. The molecule has 0 saturated heterocycles. The number of nitrogen functional groups attached to an aromatic ring is 2. The maximum Gasteiger partial charge on any atom is 0.143 e. The molecule has 0 amide bonds. The second kappa shape index (κ2) is 6.22. The molecule has 3 aromatic carbocycles. The van der Waals surface area contributed by atoms with Crippen LogP contribution < -0.4 is 16.2 Å². The van der Waals surface area contributed by atoms with E-state index in [1.165, 1.54) is 0 Å². The van der Waals surface area contributed by atoms with Gasteiger partial charge in [0.05, 0.1) is 5.69 Å². The van der Waals surface area contributed by atoms with E-state index in [0.717, 1.165) is 22.4 Å². The molecule has 4 N–H and O–H groups in total. The van der Waals surface area contributed by atoms with Crippen LogP contribution in [-0.4, -0.2) is 0 Å². The molecule has 0 radical (unpaired) electrons. The molecule has 3 heteroatoms. The Kier molecular flexibility index (Phi) is 3.97. The topological polar surface area (TPSA) is 61.3 Å². The first kappa shape index (κ1) is 14.0. The van der Waals surface area contributed by atoms with Crippen LogP contribution in [0.2, 0.25) is 0 Å². The van der Waals surface area contributed by atoms with E-state index in [2.05, 4.69) is 0 Å². The quantitative estimate of drug-likeness (QED) is 0.711. The number of rotatable bonds is 4. The van der Waals surface area contributed by atoms with Crippen molar-refractivity contribution >= 4 is 11.4 Å². The molecule has 3 nitrogen and oxygen atoms in total. The fourth-order valence-corrected chi connectivity index (χ4v) is 2.32. The van der Waals surface area contributed by atoms with Crippen molar-refractivity contribution < 1.29 is 4.74 Å². The Morgan fingerprint density at radius 2 is 1.45 bits per heavy atom. The van der Waals surface area contributed by atoms with Gasteiger partial charge in [0.25, 0.3) is 0 Å². The summed E-state index contributed by atoms with van der Waals surface area (Å²) >= 11 is 0. The summed E-state index contributed by atoms with van der Waals surface area (Å²) in [5.74, 6) is 0.671. The third-order valence-corrected chi connectivity index (χ3v) is 3.52. The molecule has 0 bridgehead atoms. The molecule has 0 atom stereocenters. The van der Waals surface area contributed by atoms with E-state index in [4.69, 9.17) is 16.2 Å². The maximum atomic E-state index is 6.03. The summed E-state index contributed by atoms with van der Waals surface area (Å²) in [4.78, 5) is 0. The molecule has 110 valence electrons. The minimum atomic E-state index is 0.485. The van der Waals surface area contributed by atoms with E-state index in [9.17, 15) is 0 Å². The summed E-state index contributed by atoms with van der Waals surface area (Å²) < 4.78 is 5.86. The summed E-state index contributed by atoms with van der Waals surface area (Å²) in [5, 5.41) is 0. The van der Waals surface area contributed by atoms with Gasteiger partial charge in [0.15, 0.2) is 0 Å². The summed E-state index contributed by atoms with van der Waals surface area (Å²) in [5.41, 5.74) is 16.5. The second-order valence-electron chi connectivity index (χ2n) is 5.11. The first-order valence-electron chi connectivity index (χ1n) is 7.15. The second-order valence-corrected chi connectivity index (χ2v) is 5.11. The van der Waals surface area contributed by atoms with Crippen molar-refractivity contribution in [2.45, 2.75) is 6.61 Å². The number of anilines is 2. The molecule has 0 heterocycles. The van der Waals surface area contributed by atoms with Crippen molar-refractivity contribution in [2.75, 3.05) is 11.5 Å².